The standard InChI is InChI=1S/2C22H25F4N9O3S/c2*1-12-30-19(33-21(27)31-12)15-6-13(8-28-18(15)32-14-7-16(23)20(38-2)29-9-14)10-34-4-5-35(39(3,36)37)11-17(34)22(24,25)26/h2*6-9,17H,4-5,10-11H2,1-3H3,(H,28,32)(H2,27,30,31,33)/t2*17-/m10/s1. The molecule has 0 aliphatic carbocycles. The molecule has 6 aromatic rings. The average Bonchev–Trinajstić information content (AvgIpc) is 3.35. The predicted octanol–water partition coefficient (Wildman–Crippen LogP) is 4.24. The van der Waals surface area contributed by atoms with Gasteiger partial charge in [-0.25, -0.2) is 55.5 Å². The third-order valence-corrected chi connectivity index (χ3v) is 14.3. The lowest BCUT2D eigenvalue weighted by molar-refractivity contribution is -0.194. The van der Waals surface area contributed by atoms with E-state index >= 15 is 0 Å². The molecule has 2 aliphatic rings. The van der Waals surface area contributed by atoms with E-state index in [4.69, 9.17) is 20.9 Å². The number of nitrogens with zero attached hydrogens (tertiary/aromatic N) is 14. The monoisotopic (exact) mass is 1140 g/mol. The number of sulfonamides is 2. The first-order chi connectivity index (χ1) is 36.5. The van der Waals surface area contributed by atoms with Crippen LogP contribution < -0.4 is 31.6 Å². The van der Waals surface area contributed by atoms with E-state index in [9.17, 15) is 52.0 Å². The first-order valence-electron chi connectivity index (χ1n) is 22.9. The molecule has 8 heterocycles. The fraction of sp³-hybridized carbons (Fsp3) is 0.409. The Morgan fingerprint density at radius 3 is 1.26 bits per heavy atom. The van der Waals surface area contributed by atoms with Crippen LogP contribution in [-0.4, -0.2) is 176 Å². The zero-order valence-electron chi connectivity index (χ0n) is 42.1. The van der Waals surface area contributed by atoms with E-state index in [2.05, 4.69) is 60.5 Å². The van der Waals surface area contributed by atoms with Gasteiger partial charge in [0.15, 0.2) is 23.3 Å². The molecule has 6 N–H and O–H groups in total. The Kier molecular flexibility index (Phi) is 17.4. The number of alkyl halides is 6. The van der Waals surface area contributed by atoms with Crippen molar-refractivity contribution in [2.75, 3.05) is 88.1 Å². The van der Waals surface area contributed by atoms with Gasteiger partial charge in [-0.15, -0.1) is 0 Å². The molecule has 8 rings (SSSR count). The fourth-order valence-electron chi connectivity index (χ4n) is 8.20. The summed E-state index contributed by atoms with van der Waals surface area (Å²) in [4.78, 5) is 43.4. The maximum atomic E-state index is 14.2. The summed E-state index contributed by atoms with van der Waals surface area (Å²) in [5.74, 6) is -0.963. The maximum Gasteiger partial charge on any atom is 0.405 e. The summed E-state index contributed by atoms with van der Waals surface area (Å²) in [7, 11) is -5.05. The van der Waals surface area contributed by atoms with Crippen molar-refractivity contribution < 1.29 is 61.4 Å². The molecule has 0 amide bonds. The van der Waals surface area contributed by atoms with Crippen molar-refractivity contribution in [2.24, 2.45) is 0 Å². The topological polar surface area (TPSA) is 305 Å². The largest absolute Gasteiger partial charge is 0.479 e. The molecule has 6 aromatic heterocycles. The first-order valence-corrected chi connectivity index (χ1v) is 26.6. The van der Waals surface area contributed by atoms with Gasteiger partial charge >= 0.3 is 12.4 Å². The molecular weight excluding hydrogens is 1090 g/mol. The zero-order chi connectivity index (χ0) is 57.1. The molecule has 420 valence electrons. The van der Waals surface area contributed by atoms with Gasteiger partial charge in [0, 0.05) is 76.9 Å². The Bertz CT molecular complexity index is 3130. The van der Waals surface area contributed by atoms with Gasteiger partial charge < -0.3 is 31.6 Å². The summed E-state index contributed by atoms with van der Waals surface area (Å²) >= 11 is 0. The number of ether oxygens (including phenoxy) is 2. The third kappa shape index (κ3) is 14.6. The number of hydrogen-bond donors (Lipinski definition) is 4. The number of nitrogen functional groups attached to an aromatic ring is 2. The number of pyridine rings is 4. The highest BCUT2D eigenvalue weighted by molar-refractivity contribution is 7.88. The van der Waals surface area contributed by atoms with Crippen molar-refractivity contribution >= 4 is 55.0 Å². The van der Waals surface area contributed by atoms with Gasteiger partial charge in [-0.2, -0.15) is 54.9 Å². The van der Waals surface area contributed by atoms with Crippen LogP contribution >= 0.6 is 0 Å². The van der Waals surface area contributed by atoms with Crippen LogP contribution in [-0.2, 0) is 33.1 Å². The number of piperazine rings is 2. The van der Waals surface area contributed by atoms with Crippen molar-refractivity contribution in [3.05, 3.63) is 83.5 Å². The Labute approximate surface area is 440 Å². The summed E-state index contributed by atoms with van der Waals surface area (Å²) in [6.07, 6.45) is -2.26. The molecule has 0 spiro atoms. The van der Waals surface area contributed by atoms with Gasteiger partial charge in [0.2, 0.25) is 43.7 Å². The van der Waals surface area contributed by atoms with Crippen molar-refractivity contribution in [3.8, 4) is 34.5 Å². The van der Waals surface area contributed by atoms with E-state index in [1.165, 1.54) is 51.1 Å². The first kappa shape index (κ1) is 58.3. The zero-order valence-corrected chi connectivity index (χ0v) is 43.8. The quantitative estimate of drug-likeness (QED) is 0.111. The van der Waals surface area contributed by atoms with Gasteiger partial charge in [-0.05, 0) is 37.1 Å². The summed E-state index contributed by atoms with van der Waals surface area (Å²) < 4.78 is 171. The Morgan fingerprint density at radius 1 is 0.577 bits per heavy atom. The molecule has 34 heteroatoms. The predicted molar refractivity (Wildman–Crippen MR) is 266 cm³/mol. The molecule has 0 saturated carbocycles. The van der Waals surface area contributed by atoms with Crippen LogP contribution in [0.25, 0.3) is 22.8 Å². The summed E-state index contributed by atoms with van der Waals surface area (Å²) in [5.41, 5.74) is 13.3. The number of nitrogens with one attached hydrogen (secondary N) is 2. The normalized spacial score (nSPS) is 17.3. The molecule has 2 atom stereocenters. The molecule has 0 radical (unpaired) electrons. The van der Waals surface area contributed by atoms with Gasteiger partial charge in [0.05, 0.1) is 61.6 Å². The van der Waals surface area contributed by atoms with E-state index in [0.717, 1.165) is 43.1 Å². The van der Waals surface area contributed by atoms with Crippen molar-refractivity contribution in [2.45, 2.75) is 51.4 Å². The van der Waals surface area contributed by atoms with Crippen LogP contribution in [0.2, 0.25) is 0 Å². The van der Waals surface area contributed by atoms with Crippen LogP contribution in [0.5, 0.6) is 11.8 Å². The van der Waals surface area contributed by atoms with Gasteiger partial charge in [-0.1, -0.05) is 0 Å². The number of halogens is 8. The van der Waals surface area contributed by atoms with Gasteiger partial charge in [0.1, 0.15) is 35.4 Å². The number of aryl methyl sites for hydroxylation is 2. The Balaban J connectivity index is 0.000000226. The van der Waals surface area contributed by atoms with Crippen LogP contribution in [0, 0.1) is 25.5 Å². The fourth-order valence-corrected chi connectivity index (χ4v) is 9.85. The summed E-state index contributed by atoms with van der Waals surface area (Å²) in [5, 5.41) is 5.82. The second-order valence-corrected chi connectivity index (χ2v) is 21.6. The molecular formula is C44H50F8N18O6S2. The van der Waals surface area contributed by atoms with Crippen LogP contribution in [0.3, 0.4) is 0 Å². The smallest absolute Gasteiger partial charge is 0.405 e. The summed E-state index contributed by atoms with van der Waals surface area (Å²) in [6, 6.07) is 1.29. The molecule has 0 aromatic carbocycles. The highest BCUT2D eigenvalue weighted by atomic mass is 32.2. The SMILES string of the molecule is COc1ncc(Nc2ncc(CN3CCN(S(C)(=O)=O)C[C@@H]3C(F)(F)F)cc2-c2nc(C)nc(N)n2)cc1F.COc1ncc(Nc2ncc(CN3CCN(S(C)(=O)=O)C[C@H]3C(F)(F)F)cc2-c2nc(C)nc(N)n2)cc1F. The second kappa shape index (κ2) is 23.3. The average molecular weight is 1140 g/mol. The minimum atomic E-state index is -4.67. The van der Waals surface area contributed by atoms with Crippen molar-refractivity contribution in [1.29, 1.82) is 0 Å². The minimum absolute atomic E-state index is 0.0833. The Morgan fingerprint density at radius 2 is 0.949 bits per heavy atom. The summed E-state index contributed by atoms with van der Waals surface area (Å²) in [6.45, 7) is 0.856. The van der Waals surface area contributed by atoms with E-state index in [1.807, 2.05) is 0 Å². The lowest BCUT2D eigenvalue weighted by Crippen LogP contribution is -2.59. The number of methoxy groups -OCH3 is 2. The molecule has 24 nitrogen and oxygen atoms in total. The molecule has 2 fully saturated rings. The molecule has 2 aliphatic heterocycles. The van der Waals surface area contributed by atoms with E-state index in [-0.39, 0.29) is 109 Å². The highest BCUT2D eigenvalue weighted by Gasteiger charge is 2.49. The molecule has 0 bridgehead atoms. The van der Waals surface area contributed by atoms with Gasteiger partial charge in [0.25, 0.3) is 0 Å². The highest BCUT2D eigenvalue weighted by Crippen LogP contribution is 2.35. The van der Waals surface area contributed by atoms with Crippen LogP contribution in [0.15, 0.2) is 49.1 Å². The van der Waals surface area contributed by atoms with E-state index in [1.54, 1.807) is 13.8 Å². The van der Waals surface area contributed by atoms with Crippen LogP contribution in [0.4, 0.5) is 70.0 Å². The van der Waals surface area contributed by atoms with E-state index in [0.29, 0.717) is 22.8 Å². The van der Waals surface area contributed by atoms with Gasteiger partial charge in [-0.3, -0.25) is 9.80 Å². The number of hydrogen-bond acceptors (Lipinski definition) is 22. The molecule has 2 saturated heterocycles. The second-order valence-electron chi connectivity index (χ2n) is 17.6. The lowest BCUT2D eigenvalue weighted by Gasteiger charge is -2.41. The number of rotatable bonds is 14. The molecule has 78 heavy (non-hydrogen) atoms. The van der Waals surface area contributed by atoms with Crippen molar-refractivity contribution in [3.63, 3.8) is 0 Å². The number of nitrogens with two attached hydrogens (primary N) is 2. The minimum Gasteiger partial charge on any atom is -0.479 e. The number of aromatic nitrogens is 10. The maximum absolute atomic E-state index is 14.2. The number of anilines is 6. The Hall–Kier alpha value is -7.40. The lowest BCUT2D eigenvalue weighted by atomic mass is 10.1. The van der Waals surface area contributed by atoms with E-state index < -0.39 is 69.2 Å². The third-order valence-electron chi connectivity index (χ3n) is 11.8. The molecule has 0 unspecified atom stereocenters. The van der Waals surface area contributed by atoms with Crippen molar-refractivity contribution in [1.82, 2.24) is 68.3 Å². The van der Waals surface area contributed by atoms with Crippen LogP contribution in [0.1, 0.15) is 22.8 Å².